The Hall–Kier alpha value is -2.02. The van der Waals surface area contributed by atoms with Crippen LogP contribution in [-0.2, 0) is 14.3 Å². The van der Waals surface area contributed by atoms with E-state index in [9.17, 15) is 18.4 Å². The fourth-order valence-corrected chi connectivity index (χ4v) is 4.44. The van der Waals surface area contributed by atoms with E-state index in [-0.39, 0.29) is 23.8 Å². The Labute approximate surface area is 163 Å². The second-order valence-electron chi connectivity index (χ2n) is 8.18. The number of benzene rings is 1. The number of rotatable bonds is 5. The molecule has 0 unspecified atom stereocenters. The molecule has 3 fully saturated rings. The number of carbonyl (C=O) groups is 2. The highest BCUT2D eigenvalue weighted by molar-refractivity contribution is 5.82. The monoisotopic (exact) mass is 392 g/mol. The summed E-state index contributed by atoms with van der Waals surface area (Å²) >= 11 is 0. The summed E-state index contributed by atoms with van der Waals surface area (Å²) in [5, 5.41) is 0. The minimum Gasteiger partial charge on any atom is -0.373 e. The lowest BCUT2D eigenvalue weighted by atomic mass is 9.93. The summed E-state index contributed by atoms with van der Waals surface area (Å²) in [7, 11) is 1.81. The normalized spacial score (nSPS) is 27.2. The fourth-order valence-electron chi connectivity index (χ4n) is 4.44. The van der Waals surface area contributed by atoms with E-state index < -0.39 is 23.7 Å². The molecule has 0 N–H and O–H groups in total. The molecule has 5 nitrogen and oxygen atoms in total. The van der Waals surface area contributed by atoms with Crippen LogP contribution in [0.1, 0.15) is 43.8 Å². The SMILES string of the molecule is CN(C[C@@H]1CCCN1C(=O)[C@@H]1CCO[C@H]1c1ccc(F)c(F)c1)C(=O)C1CC1. The van der Waals surface area contributed by atoms with Crippen molar-refractivity contribution < 1.29 is 23.1 Å². The van der Waals surface area contributed by atoms with Gasteiger partial charge in [-0.05, 0) is 49.8 Å². The topological polar surface area (TPSA) is 49.9 Å². The van der Waals surface area contributed by atoms with Gasteiger partial charge in [0.05, 0.1) is 12.0 Å². The van der Waals surface area contributed by atoms with E-state index in [1.807, 2.05) is 11.9 Å². The third kappa shape index (κ3) is 3.77. The maximum atomic E-state index is 13.6. The van der Waals surface area contributed by atoms with Gasteiger partial charge in [0, 0.05) is 38.7 Å². The predicted molar refractivity (Wildman–Crippen MR) is 98.3 cm³/mol. The third-order valence-electron chi connectivity index (χ3n) is 6.13. The number of likely N-dealkylation sites (tertiary alicyclic amines) is 1. The Balaban J connectivity index is 1.45. The average Bonchev–Trinajstić information content (AvgIpc) is 3.23. The molecule has 1 aromatic rings. The molecule has 4 rings (SSSR count). The first-order valence-corrected chi connectivity index (χ1v) is 10.1. The zero-order valence-electron chi connectivity index (χ0n) is 16.1. The number of ether oxygens (including phenoxy) is 1. The summed E-state index contributed by atoms with van der Waals surface area (Å²) in [5.74, 6) is -1.93. The van der Waals surface area contributed by atoms with Crippen molar-refractivity contribution in [3.05, 3.63) is 35.4 Å². The number of hydrogen-bond acceptors (Lipinski definition) is 3. The Kier molecular flexibility index (Phi) is 5.36. The molecule has 3 atom stereocenters. The maximum absolute atomic E-state index is 13.6. The van der Waals surface area contributed by atoms with Gasteiger partial charge in [0.25, 0.3) is 0 Å². The van der Waals surface area contributed by atoms with Crippen molar-refractivity contribution in [2.75, 3.05) is 26.7 Å². The number of hydrogen-bond donors (Lipinski definition) is 0. The molecule has 0 spiro atoms. The molecule has 1 aromatic carbocycles. The highest BCUT2D eigenvalue weighted by Crippen LogP contribution is 2.38. The lowest BCUT2D eigenvalue weighted by Gasteiger charge is -2.32. The molecule has 3 aliphatic rings. The van der Waals surface area contributed by atoms with E-state index in [0.717, 1.165) is 37.8 Å². The second kappa shape index (κ2) is 7.78. The van der Waals surface area contributed by atoms with E-state index in [2.05, 4.69) is 0 Å². The molecule has 2 heterocycles. The molecule has 2 saturated heterocycles. The standard InChI is InChI=1S/C21H26F2N2O3/c1-24(20(26)13-4-5-13)12-15-3-2-9-25(15)21(27)16-8-10-28-19(16)14-6-7-17(22)18(23)11-14/h6-7,11,13,15-16,19H,2-5,8-10,12H2,1H3/t15-,16+,19-/m0/s1. The molecule has 152 valence electrons. The maximum Gasteiger partial charge on any atom is 0.229 e. The van der Waals surface area contributed by atoms with Gasteiger partial charge in [0.2, 0.25) is 11.8 Å². The summed E-state index contributed by atoms with van der Waals surface area (Å²) in [5.41, 5.74) is 0.492. The highest BCUT2D eigenvalue weighted by atomic mass is 19.2. The van der Waals surface area contributed by atoms with Gasteiger partial charge in [-0.1, -0.05) is 6.07 Å². The van der Waals surface area contributed by atoms with Crippen LogP contribution in [0.25, 0.3) is 0 Å². The lowest BCUT2D eigenvalue weighted by molar-refractivity contribution is -0.140. The number of likely N-dealkylation sites (N-methyl/N-ethyl adjacent to an activating group) is 1. The smallest absolute Gasteiger partial charge is 0.229 e. The summed E-state index contributed by atoms with van der Waals surface area (Å²) in [6, 6.07) is 3.68. The molecule has 0 bridgehead atoms. The Morgan fingerprint density at radius 1 is 1.18 bits per heavy atom. The molecular formula is C21H26F2N2O3. The van der Waals surface area contributed by atoms with Crippen LogP contribution >= 0.6 is 0 Å². The predicted octanol–water partition coefficient (Wildman–Crippen LogP) is 2.90. The van der Waals surface area contributed by atoms with Gasteiger partial charge in [-0.25, -0.2) is 8.78 Å². The van der Waals surface area contributed by atoms with E-state index in [4.69, 9.17) is 4.74 Å². The van der Waals surface area contributed by atoms with Crippen LogP contribution in [0.4, 0.5) is 8.78 Å². The number of halogens is 2. The van der Waals surface area contributed by atoms with Crippen molar-refractivity contribution >= 4 is 11.8 Å². The molecule has 0 radical (unpaired) electrons. The van der Waals surface area contributed by atoms with Crippen molar-refractivity contribution in [1.29, 1.82) is 0 Å². The average molecular weight is 392 g/mol. The molecule has 28 heavy (non-hydrogen) atoms. The summed E-state index contributed by atoms with van der Waals surface area (Å²) < 4.78 is 32.6. The Morgan fingerprint density at radius 2 is 1.96 bits per heavy atom. The Morgan fingerprint density at radius 3 is 2.68 bits per heavy atom. The minimum absolute atomic E-state index is 0.00593. The van der Waals surface area contributed by atoms with Crippen molar-refractivity contribution in [2.45, 2.75) is 44.2 Å². The van der Waals surface area contributed by atoms with Gasteiger partial charge in [-0.3, -0.25) is 9.59 Å². The molecule has 2 amide bonds. The highest BCUT2D eigenvalue weighted by Gasteiger charge is 2.42. The van der Waals surface area contributed by atoms with Gasteiger partial charge >= 0.3 is 0 Å². The van der Waals surface area contributed by atoms with E-state index in [0.29, 0.717) is 31.7 Å². The molecule has 1 aliphatic carbocycles. The first kappa shape index (κ1) is 19.3. The number of amides is 2. The number of carbonyl (C=O) groups excluding carboxylic acids is 2. The van der Waals surface area contributed by atoms with E-state index in [1.165, 1.54) is 6.07 Å². The second-order valence-corrected chi connectivity index (χ2v) is 8.18. The van der Waals surface area contributed by atoms with Crippen LogP contribution in [0.5, 0.6) is 0 Å². The van der Waals surface area contributed by atoms with E-state index in [1.54, 1.807) is 4.90 Å². The van der Waals surface area contributed by atoms with Crippen LogP contribution in [0.2, 0.25) is 0 Å². The first-order valence-electron chi connectivity index (χ1n) is 10.1. The van der Waals surface area contributed by atoms with Crippen LogP contribution in [-0.4, -0.2) is 54.4 Å². The number of nitrogens with zero attached hydrogens (tertiary/aromatic N) is 2. The van der Waals surface area contributed by atoms with Gasteiger partial charge in [-0.15, -0.1) is 0 Å². The van der Waals surface area contributed by atoms with Crippen LogP contribution < -0.4 is 0 Å². The van der Waals surface area contributed by atoms with Crippen molar-refractivity contribution in [1.82, 2.24) is 9.80 Å². The molecule has 0 aromatic heterocycles. The van der Waals surface area contributed by atoms with Gasteiger partial charge in [0.15, 0.2) is 11.6 Å². The fraction of sp³-hybridized carbons (Fsp3) is 0.619. The zero-order valence-corrected chi connectivity index (χ0v) is 16.1. The van der Waals surface area contributed by atoms with Crippen molar-refractivity contribution in [3.8, 4) is 0 Å². The molecule has 2 aliphatic heterocycles. The van der Waals surface area contributed by atoms with Crippen molar-refractivity contribution in [3.63, 3.8) is 0 Å². The molecule has 7 heteroatoms. The minimum atomic E-state index is -0.932. The van der Waals surface area contributed by atoms with Gasteiger partial charge in [-0.2, -0.15) is 0 Å². The quantitative estimate of drug-likeness (QED) is 0.774. The first-order chi connectivity index (χ1) is 13.5. The van der Waals surface area contributed by atoms with Crippen LogP contribution in [0, 0.1) is 23.5 Å². The van der Waals surface area contributed by atoms with Crippen LogP contribution in [0.3, 0.4) is 0 Å². The third-order valence-corrected chi connectivity index (χ3v) is 6.13. The van der Waals surface area contributed by atoms with Crippen molar-refractivity contribution in [2.24, 2.45) is 11.8 Å². The summed E-state index contributed by atoms with van der Waals surface area (Å²) in [4.78, 5) is 29.1. The Bertz CT molecular complexity index is 768. The largest absolute Gasteiger partial charge is 0.373 e. The molecule has 1 saturated carbocycles. The van der Waals surface area contributed by atoms with Gasteiger partial charge < -0.3 is 14.5 Å². The summed E-state index contributed by atoms with van der Waals surface area (Å²) in [6.45, 7) is 1.62. The summed E-state index contributed by atoms with van der Waals surface area (Å²) in [6.07, 6.45) is 3.71. The lowest BCUT2D eigenvalue weighted by Crippen LogP contribution is -2.46. The van der Waals surface area contributed by atoms with Gasteiger partial charge in [0.1, 0.15) is 0 Å². The van der Waals surface area contributed by atoms with Crippen LogP contribution in [0.15, 0.2) is 18.2 Å². The zero-order chi connectivity index (χ0) is 19.8. The van der Waals surface area contributed by atoms with E-state index >= 15 is 0 Å². The molecular weight excluding hydrogens is 366 g/mol.